The van der Waals surface area contributed by atoms with Crippen LogP contribution in [-0.2, 0) is 16.0 Å². The first kappa shape index (κ1) is 33.4. The Hall–Kier alpha value is -4.93. The zero-order valence-electron chi connectivity index (χ0n) is 28.3. The molecule has 1 N–H and O–H groups in total. The summed E-state index contributed by atoms with van der Waals surface area (Å²) >= 11 is 0. The first-order valence-electron chi connectivity index (χ1n) is 15.8. The van der Waals surface area contributed by atoms with Crippen molar-refractivity contribution in [3.8, 4) is 0 Å². The number of aromatic nitrogens is 3. The van der Waals surface area contributed by atoms with Crippen molar-refractivity contribution in [2.75, 3.05) is 11.4 Å². The average Bonchev–Trinajstić information content (AvgIpc) is 3.59. The Morgan fingerprint density at radius 2 is 1.57 bits per heavy atom. The summed E-state index contributed by atoms with van der Waals surface area (Å²) in [7, 11) is 0. The fourth-order valence-electron chi connectivity index (χ4n) is 5.79. The minimum Gasteiger partial charge on any atom is -0.443 e. The topological polar surface area (TPSA) is 127 Å². The van der Waals surface area contributed by atoms with Crippen LogP contribution in [0.25, 0.3) is 11.0 Å². The van der Waals surface area contributed by atoms with Gasteiger partial charge in [0.25, 0.3) is 11.5 Å². The van der Waals surface area contributed by atoms with E-state index in [-0.39, 0.29) is 29.9 Å². The number of hydrogen-bond donors (Lipinski definition) is 1. The molecule has 3 aromatic heterocycles. The zero-order valence-corrected chi connectivity index (χ0v) is 28.3. The predicted molar refractivity (Wildman–Crippen MR) is 180 cm³/mol. The van der Waals surface area contributed by atoms with E-state index in [4.69, 9.17) is 9.47 Å². The Morgan fingerprint density at radius 1 is 0.936 bits per heavy atom. The van der Waals surface area contributed by atoms with Gasteiger partial charge in [-0.15, -0.1) is 0 Å². The SMILES string of the molecule is Cc1cc(C(=O)N2CCCC2c2ccccc2)n(Cc2cc3nc(N(C(=O)OC(C)(C)C)C(=O)OC(C)(C)C)c(C)cc3[nH]2)c(=O)c1. The molecule has 0 spiro atoms. The Morgan fingerprint density at radius 3 is 2.19 bits per heavy atom. The third-order valence-electron chi connectivity index (χ3n) is 7.70. The molecule has 1 fully saturated rings. The minimum atomic E-state index is -0.914. The van der Waals surface area contributed by atoms with Crippen LogP contribution in [-0.4, -0.2) is 55.3 Å². The molecule has 1 unspecified atom stereocenters. The first-order valence-corrected chi connectivity index (χ1v) is 15.8. The highest BCUT2D eigenvalue weighted by Crippen LogP contribution is 2.33. The molecule has 1 saturated heterocycles. The number of H-pyrrole nitrogens is 1. The molecule has 0 saturated carbocycles. The molecular formula is C36H43N5O6. The first-order chi connectivity index (χ1) is 22.0. The van der Waals surface area contributed by atoms with Crippen molar-refractivity contribution < 1.29 is 23.9 Å². The number of hydrogen-bond acceptors (Lipinski definition) is 7. The van der Waals surface area contributed by atoms with Crippen molar-refractivity contribution in [2.45, 2.75) is 92.0 Å². The number of amides is 3. The lowest BCUT2D eigenvalue weighted by molar-refractivity contribution is 0.0428. The third kappa shape index (κ3) is 7.56. The van der Waals surface area contributed by atoms with Gasteiger partial charge in [0.15, 0.2) is 5.82 Å². The normalized spacial score (nSPS) is 15.1. The van der Waals surface area contributed by atoms with E-state index in [1.807, 2.05) is 35.2 Å². The van der Waals surface area contributed by atoms with Gasteiger partial charge in [-0.1, -0.05) is 30.3 Å². The smallest absolute Gasteiger partial charge is 0.425 e. The standard InChI is InChI=1S/C36H43N5O6/c1-22-17-29(32(43)39-16-12-15-28(39)24-13-10-9-11-14-24)40(30(42)18-22)21-25-20-27-26(37-25)19-23(2)31(38-27)41(33(44)46-35(3,4)5)34(45)47-36(6,7)8/h9-11,13-14,17-20,28,37H,12,15-16,21H2,1-8H3. The Balaban J connectivity index is 1.51. The van der Waals surface area contributed by atoms with E-state index in [2.05, 4.69) is 9.97 Å². The number of carbonyl (C=O) groups is 3. The van der Waals surface area contributed by atoms with Crippen LogP contribution in [0.5, 0.6) is 0 Å². The van der Waals surface area contributed by atoms with Crippen LogP contribution >= 0.6 is 0 Å². The minimum absolute atomic E-state index is 0.0654. The van der Waals surface area contributed by atoms with Gasteiger partial charge in [-0.05, 0) is 103 Å². The molecule has 1 aliphatic rings. The van der Waals surface area contributed by atoms with E-state index in [1.54, 1.807) is 73.6 Å². The fraction of sp³-hybridized carbons (Fsp3) is 0.417. The number of fused-ring (bicyclic) bond motifs is 1. The summed E-state index contributed by atoms with van der Waals surface area (Å²) in [6, 6.07) is 16.7. The van der Waals surface area contributed by atoms with Crippen LogP contribution in [0, 0.1) is 13.8 Å². The highest BCUT2D eigenvalue weighted by molar-refractivity contribution is 6.09. The van der Waals surface area contributed by atoms with Crippen LogP contribution in [0.3, 0.4) is 0 Å². The number of aromatic amines is 1. The lowest BCUT2D eigenvalue weighted by Crippen LogP contribution is -2.44. The van der Waals surface area contributed by atoms with E-state index in [0.29, 0.717) is 40.1 Å². The monoisotopic (exact) mass is 641 g/mol. The summed E-state index contributed by atoms with van der Waals surface area (Å²) in [5.74, 6) is -0.134. The highest BCUT2D eigenvalue weighted by Gasteiger charge is 2.35. The van der Waals surface area contributed by atoms with Gasteiger partial charge in [0, 0.05) is 18.3 Å². The largest absolute Gasteiger partial charge is 0.443 e. The van der Waals surface area contributed by atoms with Crippen molar-refractivity contribution in [3.63, 3.8) is 0 Å². The van der Waals surface area contributed by atoms with E-state index in [1.165, 1.54) is 10.6 Å². The second kappa shape index (κ2) is 12.7. The molecule has 3 amide bonds. The summed E-state index contributed by atoms with van der Waals surface area (Å²) < 4.78 is 12.6. The van der Waals surface area contributed by atoms with Crippen molar-refractivity contribution in [1.29, 1.82) is 0 Å². The maximum absolute atomic E-state index is 14.1. The van der Waals surface area contributed by atoms with Gasteiger partial charge in [0.05, 0.1) is 23.6 Å². The molecule has 1 aliphatic heterocycles. The quantitative estimate of drug-likeness (QED) is 0.248. The van der Waals surface area contributed by atoms with Gasteiger partial charge in [-0.3, -0.25) is 14.2 Å². The third-order valence-corrected chi connectivity index (χ3v) is 7.70. The van der Waals surface area contributed by atoms with E-state index >= 15 is 0 Å². The summed E-state index contributed by atoms with van der Waals surface area (Å²) in [5, 5.41) is 0. The van der Waals surface area contributed by atoms with E-state index < -0.39 is 23.4 Å². The average molecular weight is 642 g/mol. The van der Waals surface area contributed by atoms with Crippen LogP contribution in [0.4, 0.5) is 15.4 Å². The highest BCUT2D eigenvalue weighted by atomic mass is 16.6. The van der Waals surface area contributed by atoms with Crippen LogP contribution in [0.2, 0.25) is 0 Å². The molecule has 11 nitrogen and oxygen atoms in total. The molecule has 0 bridgehead atoms. The molecule has 4 aromatic rings. The number of carbonyl (C=O) groups excluding carboxylic acids is 3. The molecule has 1 aromatic carbocycles. The molecule has 1 atom stereocenters. The lowest BCUT2D eigenvalue weighted by atomic mass is 10.0. The molecule has 4 heterocycles. The molecule has 11 heteroatoms. The number of nitrogens with one attached hydrogen (secondary N) is 1. The number of rotatable bonds is 5. The summed E-state index contributed by atoms with van der Waals surface area (Å²) in [5.41, 5.74) is 2.26. The zero-order chi connectivity index (χ0) is 34.3. The lowest BCUT2D eigenvalue weighted by Gasteiger charge is -2.28. The van der Waals surface area contributed by atoms with Crippen LogP contribution < -0.4 is 10.5 Å². The Bertz CT molecular complexity index is 1850. The van der Waals surface area contributed by atoms with E-state index in [9.17, 15) is 19.2 Å². The predicted octanol–water partition coefficient (Wildman–Crippen LogP) is 7.04. The van der Waals surface area contributed by atoms with Gasteiger partial charge in [-0.25, -0.2) is 14.6 Å². The van der Waals surface area contributed by atoms with Gasteiger partial charge in [-0.2, -0.15) is 4.90 Å². The summed E-state index contributed by atoms with van der Waals surface area (Å²) in [4.78, 5) is 64.6. The number of benzene rings is 1. The number of ether oxygens (including phenoxy) is 2. The maximum Gasteiger partial charge on any atom is 0.425 e. The number of likely N-dealkylation sites (tertiary alicyclic amines) is 1. The summed E-state index contributed by atoms with van der Waals surface area (Å²) in [6.45, 7) is 14.4. The number of pyridine rings is 2. The Labute approximate surface area is 274 Å². The Kier molecular flexibility index (Phi) is 9.03. The van der Waals surface area contributed by atoms with Gasteiger partial charge in [0.2, 0.25) is 0 Å². The molecule has 248 valence electrons. The van der Waals surface area contributed by atoms with Gasteiger partial charge in [0.1, 0.15) is 16.9 Å². The van der Waals surface area contributed by atoms with Crippen molar-refractivity contribution in [3.05, 3.63) is 93.0 Å². The molecule has 47 heavy (non-hydrogen) atoms. The number of anilines is 1. The van der Waals surface area contributed by atoms with Crippen molar-refractivity contribution >= 4 is 34.9 Å². The van der Waals surface area contributed by atoms with Gasteiger partial charge >= 0.3 is 12.2 Å². The molecule has 0 aliphatic carbocycles. The number of nitrogens with zero attached hydrogens (tertiary/aromatic N) is 4. The van der Waals surface area contributed by atoms with Crippen LogP contribution in [0.15, 0.2) is 59.4 Å². The maximum atomic E-state index is 14.1. The molecular weight excluding hydrogens is 598 g/mol. The molecule has 5 rings (SSSR count). The number of imide groups is 1. The van der Waals surface area contributed by atoms with Crippen molar-refractivity contribution in [2.24, 2.45) is 0 Å². The van der Waals surface area contributed by atoms with Crippen LogP contribution in [0.1, 0.15) is 93.3 Å². The fourth-order valence-corrected chi connectivity index (χ4v) is 5.79. The van der Waals surface area contributed by atoms with E-state index in [0.717, 1.165) is 23.3 Å². The molecule has 0 radical (unpaired) electrons. The summed E-state index contributed by atoms with van der Waals surface area (Å²) in [6.07, 6.45) is -0.101. The van der Waals surface area contributed by atoms with Crippen molar-refractivity contribution in [1.82, 2.24) is 19.4 Å². The number of aryl methyl sites for hydroxylation is 2. The van der Waals surface area contributed by atoms with Gasteiger partial charge < -0.3 is 19.4 Å². The second-order valence-corrected chi connectivity index (χ2v) is 14.1. The second-order valence-electron chi connectivity index (χ2n) is 14.1.